The molecule has 0 heterocycles. The predicted molar refractivity (Wildman–Crippen MR) is 47.2 cm³/mol. The summed E-state index contributed by atoms with van der Waals surface area (Å²) in [5.74, 6) is -0.914. The van der Waals surface area contributed by atoms with Crippen LogP contribution < -0.4 is 51.4 Å². The number of carboxylic acids is 1. The van der Waals surface area contributed by atoms with Gasteiger partial charge in [0.25, 0.3) is 0 Å². The third-order valence-corrected chi connectivity index (χ3v) is 0.542. The third-order valence-electron chi connectivity index (χ3n) is 0.542. The first-order valence-corrected chi connectivity index (χ1v) is 3.45. The van der Waals surface area contributed by atoms with E-state index in [4.69, 9.17) is 5.11 Å². The van der Waals surface area contributed by atoms with Crippen LogP contribution in [-0.2, 0) is 4.79 Å². The second kappa shape index (κ2) is 17.6. The van der Waals surface area contributed by atoms with Crippen molar-refractivity contribution in [2.75, 3.05) is 0 Å². The summed E-state index contributed by atoms with van der Waals surface area (Å²) in [5.41, 5.74) is 0. The second-order valence-corrected chi connectivity index (χ2v) is 1.80. The van der Waals surface area contributed by atoms with E-state index in [0.717, 1.165) is 6.08 Å². The van der Waals surface area contributed by atoms with Gasteiger partial charge in [0.05, 0.1) is 0 Å². The number of aliphatic carboxylic acids is 1. The van der Waals surface area contributed by atoms with E-state index < -0.39 is 5.97 Å². The Labute approximate surface area is 117 Å². The second-order valence-electron chi connectivity index (χ2n) is 1.80. The van der Waals surface area contributed by atoms with Crippen molar-refractivity contribution in [2.45, 2.75) is 20.8 Å². The smallest absolute Gasteiger partial charge is 0.478 e. The first-order valence-electron chi connectivity index (χ1n) is 3.45. The van der Waals surface area contributed by atoms with E-state index in [9.17, 15) is 4.79 Å². The van der Waals surface area contributed by atoms with Gasteiger partial charge in [0.2, 0.25) is 0 Å². The average Bonchev–Trinajstić information content (AvgIpc) is 1.89. The maximum Gasteiger partial charge on any atom is 1.00 e. The SMILES string of the molecule is C/C=C/C=C/C(=O)O.C[CH-]C.[K+]. The molecule has 0 aliphatic heterocycles. The van der Waals surface area contributed by atoms with Crippen molar-refractivity contribution < 1.29 is 61.3 Å². The molecule has 0 aliphatic carbocycles. The fourth-order valence-corrected chi connectivity index (χ4v) is 0.249. The van der Waals surface area contributed by atoms with Crippen LogP contribution in [0.25, 0.3) is 0 Å². The molecular formula is C9H15KO2. The summed E-state index contributed by atoms with van der Waals surface area (Å²) >= 11 is 0. The predicted octanol–water partition coefficient (Wildman–Crippen LogP) is -0.562. The number of hydrogen-bond acceptors (Lipinski definition) is 1. The zero-order valence-corrected chi connectivity index (χ0v) is 11.4. The topological polar surface area (TPSA) is 37.3 Å². The van der Waals surface area contributed by atoms with E-state index in [1.807, 2.05) is 27.2 Å². The van der Waals surface area contributed by atoms with E-state index >= 15 is 0 Å². The van der Waals surface area contributed by atoms with Crippen LogP contribution in [0.1, 0.15) is 20.8 Å². The fourth-order valence-electron chi connectivity index (χ4n) is 0.249. The zero-order valence-electron chi connectivity index (χ0n) is 8.24. The minimum atomic E-state index is -0.914. The van der Waals surface area contributed by atoms with Gasteiger partial charge in [-0.05, 0) is 6.92 Å². The molecule has 0 aromatic carbocycles. The zero-order chi connectivity index (χ0) is 9.11. The molecule has 3 heteroatoms. The first kappa shape index (κ1) is 18.4. The fraction of sp³-hybridized carbons (Fsp3) is 0.333. The molecule has 0 unspecified atom stereocenters. The summed E-state index contributed by atoms with van der Waals surface area (Å²) in [7, 11) is 0. The van der Waals surface area contributed by atoms with Crippen molar-refractivity contribution >= 4 is 5.97 Å². The summed E-state index contributed by atoms with van der Waals surface area (Å²) in [6.07, 6.45) is 7.98. The van der Waals surface area contributed by atoms with Crippen LogP contribution in [0, 0.1) is 6.42 Å². The molecule has 12 heavy (non-hydrogen) atoms. The van der Waals surface area contributed by atoms with E-state index in [1.165, 1.54) is 6.08 Å². The van der Waals surface area contributed by atoms with Crippen LogP contribution in [-0.4, -0.2) is 11.1 Å². The number of allylic oxidation sites excluding steroid dienone is 3. The quantitative estimate of drug-likeness (QED) is 0.277. The Bertz CT molecular complexity index is 139. The molecule has 0 rings (SSSR count). The molecule has 2 nitrogen and oxygen atoms in total. The minimum absolute atomic E-state index is 0. The van der Waals surface area contributed by atoms with Gasteiger partial charge in [0.1, 0.15) is 0 Å². The van der Waals surface area contributed by atoms with Crippen LogP contribution in [0.5, 0.6) is 0 Å². The minimum Gasteiger partial charge on any atom is -0.478 e. The van der Waals surface area contributed by atoms with Gasteiger partial charge in [-0.1, -0.05) is 18.2 Å². The molecule has 0 bridgehead atoms. The Balaban J connectivity index is -0.000000177. The largest absolute Gasteiger partial charge is 1.00 e. The van der Waals surface area contributed by atoms with Crippen molar-refractivity contribution in [3.63, 3.8) is 0 Å². The number of hydrogen-bond donors (Lipinski definition) is 1. The van der Waals surface area contributed by atoms with Crippen LogP contribution in [0.3, 0.4) is 0 Å². The Morgan fingerprint density at radius 1 is 1.33 bits per heavy atom. The molecule has 0 radical (unpaired) electrons. The Kier molecular flexibility index (Phi) is 27.0. The van der Waals surface area contributed by atoms with Crippen molar-refractivity contribution in [1.82, 2.24) is 0 Å². The van der Waals surface area contributed by atoms with E-state index in [-0.39, 0.29) is 51.4 Å². The van der Waals surface area contributed by atoms with E-state index in [0.29, 0.717) is 0 Å². The third kappa shape index (κ3) is 31.2. The van der Waals surface area contributed by atoms with Crippen LogP contribution in [0.2, 0.25) is 0 Å². The molecule has 0 spiro atoms. The molecule has 0 saturated carbocycles. The molecule has 0 saturated heterocycles. The summed E-state index contributed by atoms with van der Waals surface area (Å²) in [6.45, 7) is 5.83. The summed E-state index contributed by atoms with van der Waals surface area (Å²) < 4.78 is 0. The monoisotopic (exact) mass is 194 g/mol. The molecule has 0 aliphatic rings. The van der Waals surface area contributed by atoms with Gasteiger partial charge in [-0.25, -0.2) is 4.79 Å². The summed E-state index contributed by atoms with van der Waals surface area (Å²) in [6, 6.07) is 0. The number of rotatable bonds is 2. The van der Waals surface area contributed by atoms with Gasteiger partial charge in [0.15, 0.2) is 0 Å². The molecule has 0 amide bonds. The average molecular weight is 194 g/mol. The Hall–Kier alpha value is 0.586. The normalized spacial score (nSPS) is 8.92. The first-order chi connectivity index (χ1) is 5.18. The van der Waals surface area contributed by atoms with E-state index in [1.54, 1.807) is 12.2 Å². The van der Waals surface area contributed by atoms with Crippen LogP contribution in [0.4, 0.5) is 0 Å². The maximum absolute atomic E-state index is 9.75. The standard InChI is InChI=1S/C6H8O2.C3H7.K/c1-2-3-4-5-6(7)8;1-3-2;/h2-5H,1H3,(H,7,8);3H,1-2H3;/q;-1;+1/b3-2+,5-4+;;. The van der Waals surface area contributed by atoms with Crippen molar-refractivity contribution in [1.29, 1.82) is 0 Å². The number of carboxylic acid groups (broad SMARTS) is 1. The van der Waals surface area contributed by atoms with Crippen molar-refractivity contribution in [2.24, 2.45) is 0 Å². The maximum atomic E-state index is 9.75. The molecule has 0 aromatic heterocycles. The van der Waals surface area contributed by atoms with Gasteiger partial charge in [-0.3, -0.25) is 0 Å². The Morgan fingerprint density at radius 3 is 2.00 bits per heavy atom. The molecule has 0 fully saturated rings. The summed E-state index contributed by atoms with van der Waals surface area (Å²) in [5, 5.41) is 8.02. The molecule has 1 N–H and O–H groups in total. The van der Waals surface area contributed by atoms with Gasteiger partial charge in [-0.15, -0.1) is 0 Å². The van der Waals surface area contributed by atoms with Gasteiger partial charge in [-0.2, -0.15) is 13.8 Å². The van der Waals surface area contributed by atoms with Crippen molar-refractivity contribution in [3.8, 4) is 0 Å². The Morgan fingerprint density at radius 2 is 1.75 bits per heavy atom. The van der Waals surface area contributed by atoms with Crippen LogP contribution in [0.15, 0.2) is 24.3 Å². The number of carbonyl (C=O) groups is 1. The molecule has 0 atom stereocenters. The molecule has 64 valence electrons. The summed E-state index contributed by atoms with van der Waals surface area (Å²) in [4.78, 5) is 9.75. The molecular weight excluding hydrogens is 179 g/mol. The van der Waals surface area contributed by atoms with Crippen molar-refractivity contribution in [3.05, 3.63) is 30.7 Å². The molecule has 0 aromatic rings. The van der Waals surface area contributed by atoms with Gasteiger partial charge in [0, 0.05) is 6.08 Å². The van der Waals surface area contributed by atoms with Gasteiger partial charge < -0.3 is 11.5 Å². The van der Waals surface area contributed by atoms with Gasteiger partial charge >= 0.3 is 57.4 Å². The van der Waals surface area contributed by atoms with Crippen LogP contribution >= 0.6 is 0 Å². The van der Waals surface area contributed by atoms with E-state index in [2.05, 4.69) is 0 Å².